The fourth-order valence-corrected chi connectivity index (χ4v) is 2.00. The molecule has 1 heterocycles. The van der Waals surface area contributed by atoms with Crippen LogP contribution in [0, 0.1) is 10.1 Å². The topological polar surface area (TPSA) is 62.0 Å². The van der Waals surface area contributed by atoms with Gasteiger partial charge in [-0.25, -0.2) is 0 Å². The van der Waals surface area contributed by atoms with Gasteiger partial charge in [0.1, 0.15) is 5.02 Å². The number of hydrogen-bond acceptors (Lipinski definition) is 5. The summed E-state index contributed by atoms with van der Waals surface area (Å²) in [5.74, 6) is 0. The van der Waals surface area contributed by atoms with Crippen molar-refractivity contribution in [1.29, 1.82) is 0 Å². The van der Waals surface area contributed by atoms with Crippen LogP contribution in [0.4, 0.5) is 5.69 Å². The number of piperazine rings is 1. The van der Waals surface area contributed by atoms with Gasteiger partial charge in [0, 0.05) is 37.8 Å². The van der Waals surface area contributed by atoms with E-state index in [2.05, 4.69) is 17.0 Å². The van der Waals surface area contributed by atoms with E-state index in [0.717, 1.165) is 26.2 Å². The van der Waals surface area contributed by atoms with Crippen LogP contribution in [0.15, 0.2) is 23.3 Å². The molecule has 1 aliphatic heterocycles. The summed E-state index contributed by atoms with van der Waals surface area (Å²) in [5.41, 5.74) is 0.582. The highest BCUT2D eigenvalue weighted by Crippen LogP contribution is 2.24. The molecule has 19 heavy (non-hydrogen) atoms. The van der Waals surface area contributed by atoms with Gasteiger partial charge in [0.15, 0.2) is 0 Å². The Morgan fingerprint density at radius 2 is 2.05 bits per heavy atom. The third kappa shape index (κ3) is 3.65. The molecule has 1 fully saturated rings. The van der Waals surface area contributed by atoms with Crippen molar-refractivity contribution in [3.8, 4) is 0 Å². The van der Waals surface area contributed by atoms with E-state index in [1.807, 2.05) is 5.01 Å². The number of likely N-dealkylation sites (N-methyl/N-ethyl adjacent to an activating group) is 1. The lowest BCUT2D eigenvalue weighted by Crippen LogP contribution is -2.41. The third-order valence-electron chi connectivity index (χ3n) is 3.02. The normalized spacial score (nSPS) is 17.1. The first-order valence-electron chi connectivity index (χ1n) is 5.97. The Hall–Kier alpha value is -1.66. The van der Waals surface area contributed by atoms with Gasteiger partial charge >= 0.3 is 0 Å². The molecule has 1 aromatic carbocycles. The van der Waals surface area contributed by atoms with Gasteiger partial charge in [0.2, 0.25) is 0 Å². The average molecular weight is 283 g/mol. The van der Waals surface area contributed by atoms with Gasteiger partial charge < -0.3 is 4.90 Å². The first-order chi connectivity index (χ1) is 9.06. The summed E-state index contributed by atoms with van der Waals surface area (Å²) in [6.45, 7) is 3.67. The van der Waals surface area contributed by atoms with Gasteiger partial charge in [-0.2, -0.15) is 5.10 Å². The molecule has 0 aliphatic carbocycles. The Morgan fingerprint density at radius 1 is 1.37 bits per heavy atom. The zero-order valence-electron chi connectivity index (χ0n) is 10.6. The van der Waals surface area contributed by atoms with E-state index in [4.69, 9.17) is 11.6 Å². The predicted octanol–water partition coefficient (Wildman–Crippen LogP) is 1.83. The molecule has 0 spiro atoms. The summed E-state index contributed by atoms with van der Waals surface area (Å²) in [5, 5.41) is 17.2. The van der Waals surface area contributed by atoms with Gasteiger partial charge in [-0.15, -0.1) is 0 Å². The molecule has 1 saturated heterocycles. The lowest BCUT2D eigenvalue weighted by molar-refractivity contribution is -0.384. The largest absolute Gasteiger partial charge is 0.303 e. The number of hydrogen-bond donors (Lipinski definition) is 0. The van der Waals surface area contributed by atoms with Crippen LogP contribution in [0.5, 0.6) is 0 Å². The summed E-state index contributed by atoms with van der Waals surface area (Å²) in [6.07, 6.45) is 1.63. The number of halogens is 1. The van der Waals surface area contributed by atoms with Crippen LogP contribution in [-0.2, 0) is 0 Å². The maximum atomic E-state index is 10.8. The second-order valence-electron chi connectivity index (χ2n) is 4.47. The van der Waals surface area contributed by atoms with Crippen molar-refractivity contribution >= 4 is 23.5 Å². The van der Waals surface area contributed by atoms with Gasteiger partial charge in [0.25, 0.3) is 5.69 Å². The third-order valence-corrected chi connectivity index (χ3v) is 3.34. The number of nitro benzene ring substituents is 1. The number of rotatable bonds is 3. The highest BCUT2D eigenvalue weighted by atomic mass is 35.5. The van der Waals surface area contributed by atoms with Crippen molar-refractivity contribution in [2.75, 3.05) is 33.2 Å². The highest BCUT2D eigenvalue weighted by molar-refractivity contribution is 6.32. The summed E-state index contributed by atoms with van der Waals surface area (Å²) >= 11 is 5.75. The van der Waals surface area contributed by atoms with Crippen molar-refractivity contribution in [3.63, 3.8) is 0 Å². The predicted molar refractivity (Wildman–Crippen MR) is 74.8 cm³/mol. The van der Waals surface area contributed by atoms with E-state index in [0.29, 0.717) is 5.56 Å². The molecule has 6 nitrogen and oxygen atoms in total. The smallest absolute Gasteiger partial charge is 0.288 e. The van der Waals surface area contributed by atoms with Crippen LogP contribution in [0.1, 0.15) is 5.56 Å². The molecule has 0 saturated carbocycles. The van der Waals surface area contributed by atoms with E-state index >= 15 is 0 Å². The standard InChI is InChI=1S/C12H15ClN4O2/c1-15-4-6-16(7-5-15)14-9-10-2-3-11(13)12(8-10)17(18)19/h2-3,8-9H,4-7H2,1H3. The number of nitro groups is 1. The Kier molecular flexibility index (Phi) is 4.34. The van der Waals surface area contributed by atoms with Gasteiger partial charge in [-0.3, -0.25) is 15.1 Å². The molecule has 1 aromatic rings. The van der Waals surface area contributed by atoms with E-state index < -0.39 is 4.92 Å². The molecule has 0 atom stereocenters. The van der Waals surface area contributed by atoms with E-state index in [9.17, 15) is 10.1 Å². The quantitative estimate of drug-likeness (QED) is 0.482. The average Bonchev–Trinajstić information content (AvgIpc) is 2.39. The molecule has 0 amide bonds. The van der Waals surface area contributed by atoms with E-state index in [1.54, 1.807) is 12.3 Å². The van der Waals surface area contributed by atoms with Crippen LogP contribution in [-0.4, -0.2) is 54.3 Å². The minimum absolute atomic E-state index is 0.0935. The number of benzene rings is 1. The van der Waals surface area contributed by atoms with Gasteiger partial charge in [-0.05, 0) is 13.1 Å². The summed E-state index contributed by atoms with van der Waals surface area (Å²) < 4.78 is 0. The summed E-state index contributed by atoms with van der Waals surface area (Å²) in [6, 6.07) is 4.67. The molecular weight excluding hydrogens is 268 g/mol. The SMILES string of the molecule is CN1CCN(N=Cc2ccc(Cl)c([N+](=O)[O-])c2)CC1. The summed E-state index contributed by atoms with van der Waals surface area (Å²) in [7, 11) is 2.07. The second kappa shape index (κ2) is 5.99. The van der Waals surface area contributed by atoms with E-state index in [-0.39, 0.29) is 10.7 Å². The molecular formula is C12H15ClN4O2. The second-order valence-corrected chi connectivity index (χ2v) is 4.88. The molecule has 1 aliphatic rings. The fourth-order valence-electron chi connectivity index (χ4n) is 1.81. The van der Waals surface area contributed by atoms with Crippen LogP contribution in [0.2, 0.25) is 5.02 Å². The lowest BCUT2D eigenvalue weighted by atomic mass is 10.2. The molecule has 0 aromatic heterocycles. The Morgan fingerprint density at radius 3 is 2.68 bits per heavy atom. The fraction of sp³-hybridized carbons (Fsp3) is 0.417. The summed E-state index contributed by atoms with van der Waals surface area (Å²) in [4.78, 5) is 12.5. The first-order valence-corrected chi connectivity index (χ1v) is 6.35. The van der Waals surface area contributed by atoms with Crippen molar-refractivity contribution in [3.05, 3.63) is 38.9 Å². The lowest BCUT2D eigenvalue weighted by Gasteiger charge is -2.30. The molecule has 0 bridgehead atoms. The van der Waals surface area contributed by atoms with Crippen LogP contribution in [0.25, 0.3) is 0 Å². The number of nitrogens with zero attached hydrogens (tertiary/aromatic N) is 4. The van der Waals surface area contributed by atoms with Crippen LogP contribution in [0.3, 0.4) is 0 Å². The van der Waals surface area contributed by atoms with Crippen LogP contribution >= 0.6 is 11.6 Å². The van der Waals surface area contributed by atoms with Gasteiger partial charge in [-0.1, -0.05) is 17.7 Å². The Bertz CT molecular complexity index is 499. The molecule has 0 radical (unpaired) electrons. The van der Waals surface area contributed by atoms with Crippen molar-refractivity contribution in [2.24, 2.45) is 5.10 Å². The zero-order valence-corrected chi connectivity index (χ0v) is 11.4. The van der Waals surface area contributed by atoms with Crippen molar-refractivity contribution in [1.82, 2.24) is 9.91 Å². The highest BCUT2D eigenvalue weighted by Gasteiger charge is 2.13. The van der Waals surface area contributed by atoms with Gasteiger partial charge in [0.05, 0.1) is 11.1 Å². The molecule has 7 heteroatoms. The maximum absolute atomic E-state index is 10.8. The Balaban J connectivity index is 2.06. The molecule has 102 valence electrons. The minimum Gasteiger partial charge on any atom is -0.303 e. The Labute approximate surface area is 116 Å². The molecule has 2 rings (SSSR count). The maximum Gasteiger partial charge on any atom is 0.288 e. The first kappa shape index (κ1) is 13.8. The van der Waals surface area contributed by atoms with Crippen LogP contribution < -0.4 is 0 Å². The number of hydrazone groups is 1. The van der Waals surface area contributed by atoms with Crippen molar-refractivity contribution < 1.29 is 4.92 Å². The molecule has 0 unspecified atom stereocenters. The monoisotopic (exact) mass is 282 g/mol. The minimum atomic E-state index is -0.491. The molecule has 0 N–H and O–H groups in total. The van der Waals surface area contributed by atoms with Crippen molar-refractivity contribution in [2.45, 2.75) is 0 Å². The zero-order chi connectivity index (χ0) is 13.8. The van der Waals surface area contributed by atoms with E-state index in [1.165, 1.54) is 12.1 Å².